The SMILES string of the molecule is CCCC(C)Nc1nc(Cl)nc(NC)n1. The van der Waals surface area contributed by atoms with Crippen LogP contribution in [0.2, 0.25) is 5.28 Å². The average Bonchev–Trinajstić information content (AvgIpc) is 2.17. The highest BCUT2D eigenvalue weighted by molar-refractivity contribution is 6.28. The molecule has 84 valence electrons. The van der Waals surface area contributed by atoms with Gasteiger partial charge in [-0.1, -0.05) is 13.3 Å². The molecule has 1 aromatic rings. The van der Waals surface area contributed by atoms with Crippen molar-refractivity contribution in [3.8, 4) is 0 Å². The second-order valence-corrected chi connectivity index (χ2v) is 3.67. The van der Waals surface area contributed by atoms with E-state index in [1.165, 1.54) is 0 Å². The molecule has 0 fully saturated rings. The molecule has 0 aromatic carbocycles. The number of hydrogen-bond donors (Lipinski definition) is 2. The van der Waals surface area contributed by atoms with Crippen molar-refractivity contribution in [2.45, 2.75) is 32.7 Å². The maximum Gasteiger partial charge on any atom is 0.229 e. The lowest BCUT2D eigenvalue weighted by Gasteiger charge is -2.12. The first kappa shape index (κ1) is 12.0. The summed E-state index contributed by atoms with van der Waals surface area (Å²) in [4.78, 5) is 12.0. The van der Waals surface area contributed by atoms with Crippen molar-refractivity contribution in [1.82, 2.24) is 15.0 Å². The van der Waals surface area contributed by atoms with E-state index in [1.54, 1.807) is 7.05 Å². The van der Waals surface area contributed by atoms with E-state index in [-0.39, 0.29) is 5.28 Å². The zero-order valence-electron chi connectivity index (χ0n) is 9.21. The van der Waals surface area contributed by atoms with Crippen LogP contribution in [0.25, 0.3) is 0 Å². The van der Waals surface area contributed by atoms with Crippen molar-refractivity contribution in [2.75, 3.05) is 17.7 Å². The van der Waals surface area contributed by atoms with Gasteiger partial charge in [-0.2, -0.15) is 15.0 Å². The third-order valence-corrected chi connectivity index (χ3v) is 2.10. The van der Waals surface area contributed by atoms with Gasteiger partial charge in [-0.25, -0.2) is 0 Å². The molecule has 0 bridgehead atoms. The highest BCUT2D eigenvalue weighted by Gasteiger charge is 2.06. The molecule has 1 rings (SSSR count). The van der Waals surface area contributed by atoms with Gasteiger partial charge >= 0.3 is 0 Å². The minimum atomic E-state index is 0.195. The Labute approximate surface area is 94.7 Å². The summed E-state index contributed by atoms with van der Waals surface area (Å²) in [7, 11) is 1.74. The Morgan fingerprint density at radius 3 is 2.53 bits per heavy atom. The van der Waals surface area contributed by atoms with E-state index in [0.717, 1.165) is 12.8 Å². The number of halogens is 1. The van der Waals surface area contributed by atoms with Gasteiger partial charge in [-0.3, -0.25) is 0 Å². The van der Waals surface area contributed by atoms with Gasteiger partial charge in [-0.05, 0) is 24.9 Å². The van der Waals surface area contributed by atoms with Crippen molar-refractivity contribution in [3.05, 3.63) is 5.28 Å². The molecular formula is C9H16ClN5. The van der Waals surface area contributed by atoms with Crippen molar-refractivity contribution in [2.24, 2.45) is 0 Å². The predicted molar refractivity (Wildman–Crippen MR) is 62.4 cm³/mol. The van der Waals surface area contributed by atoms with Crippen molar-refractivity contribution in [3.63, 3.8) is 0 Å². The van der Waals surface area contributed by atoms with Gasteiger partial charge in [0, 0.05) is 13.1 Å². The molecule has 1 unspecified atom stereocenters. The first-order valence-electron chi connectivity index (χ1n) is 5.01. The molecule has 0 amide bonds. The fourth-order valence-electron chi connectivity index (χ4n) is 1.25. The normalized spacial score (nSPS) is 12.3. The molecule has 0 aliphatic heterocycles. The van der Waals surface area contributed by atoms with E-state index in [0.29, 0.717) is 17.9 Å². The summed E-state index contributed by atoms with van der Waals surface area (Å²) in [6.45, 7) is 4.22. The lowest BCUT2D eigenvalue weighted by molar-refractivity contribution is 0.683. The molecule has 0 saturated carbocycles. The third kappa shape index (κ3) is 3.87. The van der Waals surface area contributed by atoms with Crippen LogP contribution in [0.15, 0.2) is 0 Å². The van der Waals surface area contributed by atoms with E-state index in [2.05, 4.69) is 39.4 Å². The van der Waals surface area contributed by atoms with Crippen LogP contribution in [0, 0.1) is 0 Å². The van der Waals surface area contributed by atoms with Gasteiger partial charge in [0.1, 0.15) is 0 Å². The van der Waals surface area contributed by atoms with Crippen molar-refractivity contribution >= 4 is 23.5 Å². The summed E-state index contributed by atoms with van der Waals surface area (Å²) in [5, 5.41) is 6.19. The minimum Gasteiger partial charge on any atom is -0.357 e. The molecule has 1 heterocycles. The summed E-state index contributed by atoms with van der Waals surface area (Å²) in [5.41, 5.74) is 0. The van der Waals surface area contributed by atoms with E-state index >= 15 is 0 Å². The van der Waals surface area contributed by atoms with Crippen LogP contribution in [-0.4, -0.2) is 28.0 Å². The minimum absolute atomic E-state index is 0.195. The Kier molecular flexibility index (Phi) is 4.55. The van der Waals surface area contributed by atoms with Crippen molar-refractivity contribution in [1.29, 1.82) is 0 Å². The predicted octanol–water partition coefficient (Wildman–Crippen LogP) is 2.17. The van der Waals surface area contributed by atoms with Crippen LogP contribution in [0.3, 0.4) is 0 Å². The summed E-state index contributed by atoms with van der Waals surface area (Å²) in [5.74, 6) is 0.987. The van der Waals surface area contributed by atoms with Gasteiger partial charge in [0.15, 0.2) is 0 Å². The van der Waals surface area contributed by atoms with E-state index in [1.807, 2.05) is 0 Å². The Balaban J connectivity index is 2.71. The fraction of sp³-hybridized carbons (Fsp3) is 0.667. The van der Waals surface area contributed by atoms with Crippen LogP contribution in [0.5, 0.6) is 0 Å². The fourth-order valence-corrected chi connectivity index (χ4v) is 1.41. The van der Waals surface area contributed by atoms with E-state index in [4.69, 9.17) is 11.6 Å². The molecule has 0 aliphatic rings. The third-order valence-electron chi connectivity index (χ3n) is 1.93. The van der Waals surface area contributed by atoms with Crippen LogP contribution in [-0.2, 0) is 0 Å². The largest absolute Gasteiger partial charge is 0.357 e. The number of anilines is 2. The Morgan fingerprint density at radius 2 is 1.93 bits per heavy atom. The maximum absolute atomic E-state index is 5.75. The van der Waals surface area contributed by atoms with Gasteiger partial charge in [0.2, 0.25) is 17.2 Å². The lowest BCUT2D eigenvalue weighted by Crippen LogP contribution is -2.17. The quantitative estimate of drug-likeness (QED) is 0.810. The molecular weight excluding hydrogens is 214 g/mol. The summed E-state index contributed by atoms with van der Waals surface area (Å²) in [6.07, 6.45) is 2.18. The first-order valence-corrected chi connectivity index (χ1v) is 5.39. The van der Waals surface area contributed by atoms with Gasteiger partial charge < -0.3 is 10.6 Å². The summed E-state index contributed by atoms with van der Waals surface area (Å²) >= 11 is 5.75. The van der Waals surface area contributed by atoms with Crippen LogP contribution >= 0.6 is 11.6 Å². The second-order valence-electron chi connectivity index (χ2n) is 3.34. The maximum atomic E-state index is 5.75. The number of nitrogens with zero attached hydrogens (tertiary/aromatic N) is 3. The first-order chi connectivity index (χ1) is 7.15. The number of hydrogen-bond acceptors (Lipinski definition) is 5. The van der Waals surface area contributed by atoms with E-state index < -0.39 is 0 Å². The number of aromatic nitrogens is 3. The summed E-state index contributed by atoms with van der Waals surface area (Å²) < 4.78 is 0. The molecule has 1 aromatic heterocycles. The van der Waals surface area contributed by atoms with Crippen molar-refractivity contribution < 1.29 is 0 Å². The highest BCUT2D eigenvalue weighted by Crippen LogP contribution is 2.11. The standard InChI is InChI=1S/C9H16ClN5/c1-4-5-6(2)12-9-14-7(10)13-8(11-3)15-9/h6H,4-5H2,1-3H3,(H2,11,12,13,14,15). The summed E-state index contributed by atoms with van der Waals surface area (Å²) in [6, 6.07) is 0.332. The van der Waals surface area contributed by atoms with Crippen LogP contribution in [0.1, 0.15) is 26.7 Å². The molecule has 6 heteroatoms. The Bertz CT molecular complexity index is 317. The molecule has 0 aliphatic carbocycles. The average molecular weight is 230 g/mol. The molecule has 0 radical (unpaired) electrons. The zero-order chi connectivity index (χ0) is 11.3. The highest BCUT2D eigenvalue weighted by atomic mass is 35.5. The van der Waals surface area contributed by atoms with Gasteiger partial charge in [0.05, 0.1) is 0 Å². The molecule has 2 N–H and O–H groups in total. The molecule has 15 heavy (non-hydrogen) atoms. The number of nitrogens with one attached hydrogen (secondary N) is 2. The van der Waals surface area contributed by atoms with E-state index in [9.17, 15) is 0 Å². The van der Waals surface area contributed by atoms with Gasteiger partial charge in [0.25, 0.3) is 0 Å². The topological polar surface area (TPSA) is 62.7 Å². The molecule has 1 atom stereocenters. The number of rotatable bonds is 5. The monoisotopic (exact) mass is 229 g/mol. The smallest absolute Gasteiger partial charge is 0.229 e. The lowest BCUT2D eigenvalue weighted by atomic mass is 10.2. The molecule has 0 saturated heterocycles. The second kappa shape index (κ2) is 5.70. The zero-order valence-corrected chi connectivity index (χ0v) is 9.97. The van der Waals surface area contributed by atoms with Crippen LogP contribution in [0.4, 0.5) is 11.9 Å². The van der Waals surface area contributed by atoms with Crippen LogP contribution < -0.4 is 10.6 Å². The molecule has 5 nitrogen and oxygen atoms in total. The molecule has 0 spiro atoms. The Morgan fingerprint density at radius 1 is 1.27 bits per heavy atom. The van der Waals surface area contributed by atoms with Gasteiger partial charge in [-0.15, -0.1) is 0 Å². The Hall–Kier alpha value is -1.10.